The van der Waals surface area contributed by atoms with Gasteiger partial charge >= 0.3 is 5.97 Å². The SMILES string of the molecule is Cc1noc(CCC(=O)NC(CC(=O)O)c2ccc(C(C)(C)C)cc2)n1. The fourth-order valence-electron chi connectivity index (χ4n) is 2.57. The molecule has 1 atom stereocenters. The van der Waals surface area contributed by atoms with E-state index < -0.39 is 12.0 Å². The van der Waals surface area contributed by atoms with Crippen LogP contribution in [0.25, 0.3) is 0 Å². The summed E-state index contributed by atoms with van der Waals surface area (Å²) in [6.07, 6.45) is 0.285. The Hall–Kier alpha value is -2.70. The molecule has 0 bridgehead atoms. The van der Waals surface area contributed by atoms with Crippen LogP contribution in [0.2, 0.25) is 0 Å². The van der Waals surface area contributed by atoms with Crippen molar-refractivity contribution in [3.8, 4) is 0 Å². The van der Waals surface area contributed by atoms with Crippen LogP contribution in [0.1, 0.15) is 62.5 Å². The number of nitrogens with one attached hydrogen (secondary N) is 1. The number of nitrogens with zero attached hydrogens (tertiary/aromatic N) is 2. The summed E-state index contributed by atoms with van der Waals surface area (Å²) in [5, 5.41) is 15.6. The van der Waals surface area contributed by atoms with Gasteiger partial charge in [0.1, 0.15) is 0 Å². The first-order valence-corrected chi connectivity index (χ1v) is 8.56. The molecular formula is C19H25N3O4. The highest BCUT2D eigenvalue weighted by Gasteiger charge is 2.20. The second kappa shape index (κ2) is 8.12. The van der Waals surface area contributed by atoms with Crippen LogP contribution in [0.3, 0.4) is 0 Å². The molecule has 1 heterocycles. The number of carboxylic acids is 1. The van der Waals surface area contributed by atoms with E-state index >= 15 is 0 Å². The molecule has 1 aromatic carbocycles. The quantitative estimate of drug-likeness (QED) is 0.787. The van der Waals surface area contributed by atoms with Crippen molar-refractivity contribution in [3.63, 3.8) is 0 Å². The van der Waals surface area contributed by atoms with Crippen molar-refractivity contribution in [3.05, 3.63) is 47.1 Å². The molecule has 1 unspecified atom stereocenters. The van der Waals surface area contributed by atoms with Crippen molar-refractivity contribution in [2.24, 2.45) is 0 Å². The average Bonchev–Trinajstić information content (AvgIpc) is 2.97. The maximum Gasteiger partial charge on any atom is 0.305 e. The van der Waals surface area contributed by atoms with Crippen LogP contribution in [0, 0.1) is 6.92 Å². The fraction of sp³-hybridized carbons (Fsp3) is 0.474. The van der Waals surface area contributed by atoms with E-state index in [2.05, 4.69) is 36.2 Å². The number of carbonyl (C=O) groups excluding carboxylic acids is 1. The van der Waals surface area contributed by atoms with Gasteiger partial charge in [-0.2, -0.15) is 4.98 Å². The molecule has 0 spiro atoms. The van der Waals surface area contributed by atoms with Gasteiger partial charge in [-0.3, -0.25) is 9.59 Å². The highest BCUT2D eigenvalue weighted by Crippen LogP contribution is 2.25. The number of aryl methyl sites for hydroxylation is 2. The number of benzene rings is 1. The fourth-order valence-corrected chi connectivity index (χ4v) is 2.57. The zero-order valence-electron chi connectivity index (χ0n) is 15.6. The Bertz CT molecular complexity index is 760. The van der Waals surface area contributed by atoms with Crippen LogP contribution in [-0.2, 0) is 21.4 Å². The van der Waals surface area contributed by atoms with E-state index in [1.807, 2.05) is 24.3 Å². The van der Waals surface area contributed by atoms with Gasteiger partial charge in [0.25, 0.3) is 0 Å². The predicted octanol–water partition coefficient (Wildman–Crippen LogP) is 2.94. The number of carbonyl (C=O) groups is 2. The minimum Gasteiger partial charge on any atom is -0.481 e. The van der Waals surface area contributed by atoms with Crippen LogP contribution >= 0.6 is 0 Å². The van der Waals surface area contributed by atoms with Gasteiger partial charge in [0.2, 0.25) is 11.8 Å². The van der Waals surface area contributed by atoms with E-state index in [4.69, 9.17) is 9.63 Å². The third kappa shape index (κ3) is 5.68. The first kappa shape index (κ1) is 19.6. The molecule has 0 aliphatic carbocycles. The lowest BCUT2D eigenvalue weighted by Gasteiger charge is -2.21. The van der Waals surface area contributed by atoms with E-state index in [1.165, 1.54) is 0 Å². The summed E-state index contributed by atoms with van der Waals surface area (Å²) in [6, 6.07) is 7.10. The van der Waals surface area contributed by atoms with Crippen LogP contribution in [0.15, 0.2) is 28.8 Å². The summed E-state index contributed by atoms with van der Waals surface area (Å²) in [7, 11) is 0. The standard InChI is InChI=1S/C19H25N3O4/c1-12-20-17(26-22-12)10-9-16(23)21-15(11-18(24)25)13-5-7-14(8-6-13)19(2,3)4/h5-8,15H,9-11H2,1-4H3,(H,21,23)(H,24,25). The van der Waals surface area contributed by atoms with Crippen molar-refractivity contribution in [1.82, 2.24) is 15.5 Å². The average molecular weight is 359 g/mol. The van der Waals surface area contributed by atoms with Gasteiger partial charge in [-0.25, -0.2) is 0 Å². The maximum absolute atomic E-state index is 12.2. The normalized spacial score (nSPS) is 12.6. The van der Waals surface area contributed by atoms with Gasteiger partial charge in [0, 0.05) is 12.8 Å². The van der Waals surface area contributed by atoms with Crippen molar-refractivity contribution in [2.75, 3.05) is 0 Å². The molecule has 0 aliphatic heterocycles. The molecule has 26 heavy (non-hydrogen) atoms. The molecule has 140 valence electrons. The van der Waals surface area contributed by atoms with Gasteiger partial charge in [-0.1, -0.05) is 50.2 Å². The Morgan fingerprint density at radius 1 is 1.23 bits per heavy atom. The monoisotopic (exact) mass is 359 g/mol. The summed E-state index contributed by atoms with van der Waals surface area (Å²) < 4.78 is 4.98. The first-order valence-electron chi connectivity index (χ1n) is 8.56. The number of aliphatic carboxylic acids is 1. The largest absolute Gasteiger partial charge is 0.481 e. The molecule has 7 heteroatoms. The molecule has 2 N–H and O–H groups in total. The Kier molecular flexibility index (Phi) is 6.13. The second-order valence-electron chi connectivity index (χ2n) is 7.33. The minimum atomic E-state index is -0.970. The zero-order chi connectivity index (χ0) is 19.3. The second-order valence-corrected chi connectivity index (χ2v) is 7.33. The Labute approximate surface area is 152 Å². The number of aromatic nitrogens is 2. The molecule has 1 aromatic heterocycles. The lowest BCUT2D eigenvalue weighted by atomic mass is 9.86. The summed E-state index contributed by atoms with van der Waals surface area (Å²) in [4.78, 5) is 27.5. The van der Waals surface area contributed by atoms with Gasteiger partial charge in [0.15, 0.2) is 5.82 Å². The summed E-state index contributed by atoms with van der Waals surface area (Å²) in [6.45, 7) is 8.03. The third-order valence-corrected chi connectivity index (χ3v) is 4.03. The van der Waals surface area contributed by atoms with E-state index in [0.29, 0.717) is 18.1 Å². The number of hydrogen-bond acceptors (Lipinski definition) is 5. The molecular weight excluding hydrogens is 334 g/mol. The highest BCUT2D eigenvalue weighted by molar-refractivity contribution is 5.77. The van der Waals surface area contributed by atoms with Crippen LogP contribution in [0.5, 0.6) is 0 Å². The Balaban J connectivity index is 2.04. The van der Waals surface area contributed by atoms with Crippen molar-refractivity contribution in [2.45, 2.75) is 58.4 Å². The van der Waals surface area contributed by atoms with E-state index in [1.54, 1.807) is 6.92 Å². The molecule has 0 saturated heterocycles. The van der Waals surface area contributed by atoms with Crippen molar-refractivity contribution in [1.29, 1.82) is 0 Å². The maximum atomic E-state index is 12.2. The third-order valence-electron chi connectivity index (χ3n) is 4.03. The van der Waals surface area contributed by atoms with Crippen LogP contribution in [0.4, 0.5) is 0 Å². The van der Waals surface area contributed by atoms with Gasteiger partial charge in [-0.15, -0.1) is 0 Å². The molecule has 0 radical (unpaired) electrons. The molecule has 0 fully saturated rings. The zero-order valence-corrected chi connectivity index (χ0v) is 15.6. The molecule has 0 aliphatic rings. The number of carboxylic acid groups (broad SMARTS) is 1. The number of hydrogen-bond donors (Lipinski definition) is 2. The molecule has 7 nitrogen and oxygen atoms in total. The highest BCUT2D eigenvalue weighted by atomic mass is 16.5. The van der Waals surface area contributed by atoms with E-state index in [0.717, 1.165) is 11.1 Å². The Morgan fingerprint density at radius 3 is 2.38 bits per heavy atom. The first-order chi connectivity index (χ1) is 12.1. The lowest BCUT2D eigenvalue weighted by molar-refractivity contribution is -0.137. The molecule has 2 aromatic rings. The topological polar surface area (TPSA) is 105 Å². The predicted molar refractivity (Wildman–Crippen MR) is 95.6 cm³/mol. The van der Waals surface area contributed by atoms with E-state index in [9.17, 15) is 9.59 Å². The lowest BCUT2D eigenvalue weighted by Crippen LogP contribution is -2.30. The van der Waals surface area contributed by atoms with Crippen molar-refractivity contribution >= 4 is 11.9 Å². The number of amides is 1. The minimum absolute atomic E-state index is 0.00623. The van der Waals surface area contributed by atoms with Gasteiger partial charge < -0.3 is 14.9 Å². The van der Waals surface area contributed by atoms with Gasteiger partial charge in [-0.05, 0) is 23.5 Å². The smallest absolute Gasteiger partial charge is 0.305 e. The van der Waals surface area contributed by atoms with Gasteiger partial charge in [0.05, 0.1) is 12.5 Å². The van der Waals surface area contributed by atoms with Crippen molar-refractivity contribution < 1.29 is 19.2 Å². The van der Waals surface area contributed by atoms with E-state index in [-0.39, 0.29) is 24.2 Å². The van der Waals surface area contributed by atoms with Crippen LogP contribution in [-0.4, -0.2) is 27.1 Å². The summed E-state index contributed by atoms with van der Waals surface area (Å²) >= 11 is 0. The molecule has 0 saturated carbocycles. The van der Waals surface area contributed by atoms with Crippen LogP contribution < -0.4 is 5.32 Å². The molecule has 2 rings (SSSR count). The summed E-state index contributed by atoms with van der Waals surface area (Å²) in [5.74, 6) is -0.320. The number of rotatable bonds is 7. The summed E-state index contributed by atoms with van der Waals surface area (Å²) in [5.41, 5.74) is 1.92. The molecule has 1 amide bonds. The Morgan fingerprint density at radius 2 is 1.88 bits per heavy atom.